The van der Waals surface area contributed by atoms with Crippen LogP contribution in [-0.4, -0.2) is 48.8 Å². The van der Waals surface area contributed by atoms with Crippen molar-refractivity contribution in [2.45, 2.75) is 18.1 Å². The number of carbonyl (C=O) groups is 1. The van der Waals surface area contributed by atoms with E-state index in [0.29, 0.717) is 58.6 Å². The van der Waals surface area contributed by atoms with Crippen LogP contribution in [-0.2, 0) is 14.3 Å². The van der Waals surface area contributed by atoms with Crippen molar-refractivity contribution in [2.75, 3.05) is 32.7 Å². The second-order valence-corrected chi connectivity index (χ2v) is 7.21. The molecule has 9 heteroatoms. The molecule has 0 aliphatic carbocycles. The van der Waals surface area contributed by atoms with E-state index < -0.39 is 0 Å². The molecule has 3 rings (SSSR count). The van der Waals surface area contributed by atoms with E-state index in [0.717, 1.165) is 13.2 Å². The lowest BCUT2D eigenvalue weighted by Crippen LogP contribution is -2.32. The fraction of sp³-hybridized carbons (Fsp3) is 0.471. The number of ether oxygens (including phenoxy) is 3. The highest BCUT2D eigenvalue weighted by atomic mass is 35.5. The highest BCUT2D eigenvalue weighted by Gasteiger charge is 2.19. The Balaban J connectivity index is 1.53. The molecule has 0 N–H and O–H groups in total. The number of hydrogen-bond acceptors (Lipinski definition) is 8. The lowest BCUT2D eigenvalue weighted by molar-refractivity contribution is -0.140. The molecule has 1 saturated heterocycles. The Labute approximate surface area is 160 Å². The molecule has 1 aliphatic heterocycles. The molecule has 0 atom stereocenters. The van der Waals surface area contributed by atoms with Crippen molar-refractivity contribution in [3.05, 3.63) is 23.2 Å². The molecule has 0 amide bonds. The number of hydrogen-bond donors (Lipinski definition) is 0. The van der Waals surface area contributed by atoms with Gasteiger partial charge in [-0.1, -0.05) is 23.4 Å². The third-order valence-electron chi connectivity index (χ3n) is 3.75. The van der Waals surface area contributed by atoms with Crippen molar-refractivity contribution in [3.8, 4) is 17.2 Å². The lowest BCUT2D eigenvalue weighted by Gasteiger charge is -2.25. The quantitative estimate of drug-likeness (QED) is 0.360. The summed E-state index contributed by atoms with van der Waals surface area (Å²) >= 11 is 7.71. The monoisotopic (exact) mass is 398 g/mol. The summed E-state index contributed by atoms with van der Waals surface area (Å²) in [6, 6.07) is 5.37. The Bertz CT molecular complexity index is 751. The molecule has 0 bridgehead atoms. The molecule has 140 valence electrons. The molecule has 0 radical (unpaired) electrons. The minimum atomic E-state index is -0.226. The number of halogens is 1. The molecule has 1 aromatic heterocycles. The Kier molecular flexibility index (Phi) is 6.76. The molecule has 1 aliphatic rings. The van der Waals surface area contributed by atoms with Gasteiger partial charge in [0, 0.05) is 18.1 Å². The van der Waals surface area contributed by atoms with E-state index >= 15 is 0 Å². The average Bonchev–Trinajstić information content (AvgIpc) is 3.06. The number of methoxy groups -OCH3 is 1. The highest BCUT2D eigenvalue weighted by Crippen LogP contribution is 2.32. The molecule has 0 saturated carbocycles. The maximum Gasteiger partial charge on any atom is 0.305 e. The SMILES string of the molecule is COC(=O)CCCSc1nnc(-c2ccc(OCC3COC3)cc2Cl)o1. The van der Waals surface area contributed by atoms with Gasteiger partial charge in [0.05, 0.1) is 37.5 Å². The third-order valence-corrected chi connectivity index (χ3v) is 4.97. The zero-order valence-electron chi connectivity index (χ0n) is 14.3. The van der Waals surface area contributed by atoms with Gasteiger partial charge in [0.25, 0.3) is 5.22 Å². The van der Waals surface area contributed by atoms with Crippen LogP contribution in [0.2, 0.25) is 5.02 Å². The van der Waals surface area contributed by atoms with E-state index in [1.165, 1.54) is 18.9 Å². The smallest absolute Gasteiger partial charge is 0.305 e. The Morgan fingerprint density at radius 3 is 2.92 bits per heavy atom. The summed E-state index contributed by atoms with van der Waals surface area (Å²) in [6.07, 6.45) is 1.04. The summed E-state index contributed by atoms with van der Waals surface area (Å²) in [7, 11) is 1.38. The average molecular weight is 399 g/mol. The van der Waals surface area contributed by atoms with Crippen LogP contribution in [0.3, 0.4) is 0 Å². The minimum absolute atomic E-state index is 0.226. The fourth-order valence-corrected chi connectivity index (χ4v) is 3.16. The van der Waals surface area contributed by atoms with E-state index in [4.69, 9.17) is 25.5 Å². The highest BCUT2D eigenvalue weighted by molar-refractivity contribution is 7.99. The summed E-state index contributed by atoms with van der Waals surface area (Å²) in [6.45, 7) is 2.10. The molecular weight excluding hydrogens is 380 g/mol. The number of esters is 1. The van der Waals surface area contributed by atoms with Crippen molar-refractivity contribution >= 4 is 29.3 Å². The van der Waals surface area contributed by atoms with Gasteiger partial charge in [-0.15, -0.1) is 10.2 Å². The first-order valence-corrected chi connectivity index (χ1v) is 9.55. The van der Waals surface area contributed by atoms with Crippen LogP contribution in [0.15, 0.2) is 27.8 Å². The van der Waals surface area contributed by atoms with Gasteiger partial charge in [0.15, 0.2) is 0 Å². The first kappa shape index (κ1) is 19.0. The maximum atomic E-state index is 11.1. The molecule has 2 heterocycles. The minimum Gasteiger partial charge on any atom is -0.493 e. The van der Waals surface area contributed by atoms with E-state index in [9.17, 15) is 4.79 Å². The van der Waals surface area contributed by atoms with Crippen LogP contribution in [0.5, 0.6) is 5.75 Å². The Morgan fingerprint density at radius 2 is 2.23 bits per heavy atom. The molecule has 1 fully saturated rings. The van der Waals surface area contributed by atoms with Gasteiger partial charge in [-0.25, -0.2) is 0 Å². The predicted molar refractivity (Wildman–Crippen MR) is 96.5 cm³/mol. The number of thioether (sulfide) groups is 1. The molecule has 7 nitrogen and oxygen atoms in total. The standard InChI is InChI=1S/C17H19ClN2O5S/c1-22-15(21)3-2-6-26-17-20-19-16(25-17)13-5-4-12(7-14(13)18)24-10-11-8-23-9-11/h4-5,7,11H,2-3,6,8-10H2,1H3. The molecule has 0 unspecified atom stereocenters. The zero-order valence-corrected chi connectivity index (χ0v) is 15.8. The summed E-state index contributed by atoms with van der Waals surface area (Å²) in [5.41, 5.74) is 0.653. The van der Waals surface area contributed by atoms with Gasteiger partial charge in [-0.05, 0) is 24.6 Å². The summed E-state index contributed by atoms with van der Waals surface area (Å²) in [5, 5.41) is 8.95. The van der Waals surface area contributed by atoms with Crippen LogP contribution in [0.1, 0.15) is 12.8 Å². The predicted octanol–water partition coefficient (Wildman–Crippen LogP) is 3.46. The van der Waals surface area contributed by atoms with Crippen LogP contribution in [0, 0.1) is 5.92 Å². The fourth-order valence-electron chi connectivity index (χ4n) is 2.21. The van der Waals surface area contributed by atoms with Crippen molar-refractivity contribution in [3.63, 3.8) is 0 Å². The first-order chi connectivity index (χ1) is 12.7. The van der Waals surface area contributed by atoms with Crippen molar-refractivity contribution in [2.24, 2.45) is 5.92 Å². The lowest BCUT2D eigenvalue weighted by atomic mass is 10.1. The van der Waals surface area contributed by atoms with E-state index in [1.54, 1.807) is 12.1 Å². The summed E-state index contributed by atoms with van der Waals surface area (Å²) in [4.78, 5) is 11.1. The van der Waals surface area contributed by atoms with Crippen LogP contribution in [0.4, 0.5) is 0 Å². The second kappa shape index (κ2) is 9.25. The Morgan fingerprint density at radius 1 is 1.38 bits per heavy atom. The van der Waals surface area contributed by atoms with Gasteiger partial charge in [0.1, 0.15) is 5.75 Å². The molecule has 0 spiro atoms. The van der Waals surface area contributed by atoms with Crippen LogP contribution in [0.25, 0.3) is 11.5 Å². The summed E-state index contributed by atoms with van der Waals surface area (Å²) in [5.74, 6) is 1.95. The Hall–Kier alpha value is -1.77. The van der Waals surface area contributed by atoms with Gasteiger partial charge >= 0.3 is 5.97 Å². The molecule has 2 aromatic rings. The van der Waals surface area contributed by atoms with Crippen LogP contribution < -0.4 is 4.74 Å². The third kappa shape index (κ3) is 5.12. The van der Waals surface area contributed by atoms with Gasteiger partial charge < -0.3 is 18.6 Å². The normalized spacial score (nSPS) is 14.1. The van der Waals surface area contributed by atoms with Crippen LogP contribution >= 0.6 is 23.4 Å². The molecule has 1 aromatic carbocycles. The van der Waals surface area contributed by atoms with Gasteiger partial charge in [-0.3, -0.25) is 4.79 Å². The number of nitrogens with zero attached hydrogens (tertiary/aromatic N) is 2. The zero-order chi connectivity index (χ0) is 18.4. The van der Waals surface area contributed by atoms with Crippen molar-refractivity contribution in [1.82, 2.24) is 10.2 Å². The largest absolute Gasteiger partial charge is 0.493 e. The molecule has 26 heavy (non-hydrogen) atoms. The summed E-state index contributed by atoms with van der Waals surface area (Å²) < 4.78 is 21.1. The maximum absolute atomic E-state index is 11.1. The number of aromatic nitrogens is 2. The van der Waals surface area contributed by atoms with E-state index in [1.807, 2.05) is 6.07 Å². The van der Waals surface area contributed by atoms with Gasteiger partial charge in [0.2, 0.25) is 5.89 Å². The molecular formula is C17H19ClN2O5S. The van der Waals surface area contributed by atoms with E-state index in [2.05, 4.69) is 14.9 Å². The van der Waals surface area contributed by atoms with Crippen molar-refractivity contribution < 1.29 is 23.4 Å². The van der Waals surface area contributed by atoms with E-state index in [-0.39, 0.29) is 5.97 Å². The number of carbonyl (C=O) groups excluding carboxylic acids is 1. The second-order valence-electron chi connectivity index (χ2n) is 5.76. The number of benzene rings is 1. The first-order valence-electron chi connectivity index (χ1n) is 8.19. The van der Waals surface area contributed by atoms with Gasteiger partial charge in [-0.2, -0.15) is 0 Å². The topological polar surface area (TPSA) is 83.7 Å². The van der Waals surface area contributed by atoms with Crippen molar-refractivity contribution in [1.29, 1.82) is 0 Å². The number of rotatable bonds is 9.